The van der Waals surface area contributed by atoms with Gasteiger partial charge in [-0.3, -0.25) is 0 Å². The van der Waals surface area contributed by atoms with Crippen LogP contribution in [0.2, 0.25) is 0 Å². The zero-order valence-corrected chi connectivity index (χ0v) is 9.65. The Morgan fingerprint density at radius 1 is 1.28 bits per heavy atom. The highest BCUT2D eigenvalue weighted by Gasteiger charge is 2.34. The fourth-order valence-corrected chi connectivity index (χ4v) is 1.76. The molecule has 2 aromatic rings. The fourth-order valence-electron chi connectivity index (χ4n) is 1.31. The monoisotopic (exact) mass is 277 g/mol. The Balaban J connectivity index is 2.15. The molecule has 1 N–H and O–H groups in total. The summed E-state index contributed by atoms with van der Waals surface area (Å²) in [6.07, 6.45) is -4.70. The fraction of sp³-hybridized carbons (Fsp3) is 0.200. The molecule has 1 aromatic carbocycles. The van der Waals surface area contributed by atoms with Gasteiger partial charge in [-0.05, 0) is 29.7 Å². The van der Waals surface area contributed by atoms with Crippen LogP contribution in [0.3, 0.4) is 0 Å². The number of aromatic nitrogens is 2. The van der Waals surface area contributed by atoms with Gasteiger partial charge in [-0.15, -0.1) is 5.10 Å². The molecule has 0 amide bonds. The first-order valence-electron chi connectivity index (χ1n) is 4.83. The predicted octanol–water partition coefficient (Wildman–Crippen LogP) is 3.31. The summed E-state index contributed by atoms with van der Waals surface area (Å²) < 4.78 is 54.0. The Morgan fingerprint density at radius 2 is 2.06 bits per heavy atom. The topological polar surface area (TPSA) is 37.8 Å². The first-order chi connectivity index (χ1) is 8.47. The summed E-state index contributed by atoms with van der Waals surface area (Å²) in [5.74, 6) is -1.29. The molecule has 0 unspecified atom stereocenters. The minimum Gasteiger partial charge on any atom is -0.379 e. The zero-order valence-electron chi connectivity index (χ0n) is 8.83. The van der Waals surface area contributed by atoms with Crippen molar-refractivity contribution in [1.29, 1.82) is 0 Å². The average Bonchev–Trinajstić information content (AvgIpc) is 2.79. The molecule has 0 radical (unpaired) electrons. The molecule has 0 saturated carbocycles. The Hall–Kier alpha value is -1.70. The Bertz CT molecular complexity index is 524. The van der Waals surface area contributed by atoms with Gasteiger partial charge in [0, 0.05) is 11.1 Å². The molecule has 2 rings (SSSR count). The number of hydrogen-bond donors (Lipinski definition) is 1. The minimum absolute atomic E-state index is 0.178. The smallest absolute Gasteiger partial charge is 0.379 e. The van der Waals surface area contributed by atoms with Gasteiger partial charge >= 0.3 is 6.18 Å². The highest BCUT2D eigenvalue weighted by Crippen LogP contribution is 2.33. The van der Waals surface area contributed by atoms with Crippen molar-refractivity contribution in [3.63, 3.8) is 0 Å². The van der Waals surface area contributed by atoms with Crippen LogP contribution in [-0.4, -0.2) is 9.59 Å². The van der Waals surface area contributed by atoms with Crippen molar-refractivity contribution in [3.05, 3.63) is 40.7 Å². The van der Waals surface area contributed by atoms with Gasteiger partial charge in [-0.1, -0.05) is 4.49 Å². The van der Waals surface area contributed by atoms with E-state index in [0.717, 1.165) is 23.7 Å². The van der Waals surface area contributed by atoms with Crippen LogP contribution in [0.4, 0.5) is 23.2 Å². The largest absolute Gasteiger partial charge is 0.419 e. The summed E-state index contributed by atoms with van der Waals surface area (Å²) in [5, 5.41) is 8.12. The molecule has 0 aliphatic carbocycles. The molecule has 0 spiro atoms. The number of rotatable bonds is 3. The maximum atomic E-state index is 13.0. The Kier molecular flexibility index (Phi) is 3.46. The van der Waals surface area contributed by atoms with Crippen molar-refractivity contribution in [3.8, 4) is 0 Å². The Morgan fingerprint density at radius 3 is 2.67 bits per heavy atom. The molecular formula is C10H7F4N3S. The standard InChI is InChI=1S/C10H7F4N3S/c11-9-2-1-6(3-8(9)10(12,13)14)15-4-7-5-18-17-16-7/h1-3,5,15H,4H2. The molecule has 0 saturated heterocycles. The lowest BCUT2D eigenvalue weighted by molar-refractivity contribution is -0.139. The summed E-state index contributed by atoms with van der Waals surface area (Å²) in [6, 6.07) is 2.75. The van der Waals surface area contributed by atoms with Crippen molar-refractivity contribution < 1.29 is 17.6 Å². The molecule has 0 bridgehead atoms. The SMILES string of the molecule is Fc1ccc(NCc2csnn2)cc1C(F)(F)F. The van der Waals surface area contributed by atoms with Crippen LogP contribution in [-0.2, 0) is 12.7 Å². The molecular weight excluding hydrogens is 270 g/mol. The highest BCUT2D eigenvalue weighted by molar-refractivity contribution is 7.03. The molecule has 0 aliphatic rings. The third-order valence-electron chi connectivity index (χ3n) is 2.15. The van der Waals surface area contributed by atoms with E-state index in [9.17, 15) is 17.6 Å². The lowest BCUT2D eigenvalue weighted by Gasteiger charge is -2.10. The van der Waals surface area contributed by atoms with E-state index in [2.05, 4.69) is 14.9 Å². The molecule has 0 atom stereocenters. The van der Waals surface area contributed by atoms with Crippen molar-refractivity contribution in [1.82, 2.24) is 9.59 Å². The van der Waals surface area contributed by atoms with E-state index >= 15 is 0 Å². The van der Waals surface area contributed by atoms with Gasteiger partial charge in [0.2, 0.25) is 0 Å². The molecule has 18 heavy (non-hydrogen) atoms. The van der Waals surface area contributed by atoms with E-state index in [0.29, 0.717) is 5.69 Å². The van der Waals surface area contributed by atoms with E-state index in [-0.39, 0.29) is 12.2 Å². The molecule has 0 fully saturated rings. The van der Waals surface area contributed by atoms with Gasteiger partial charge < -0.3 is 5.32 Å². The van der Waals surface area contributed by atoms with Crippen molar-refractivity contribution >= 4 is 17.2 Å². The van der Waals surface area contributed by atoms with E-state index < -0.39 is 17.6 Å². The number of nitrogens with zero attached hydrogens (tertiary/aromatic N) is 2. The lowest BCUT2D eigenvalue weighted by Crippen LogP contribution is -2.09. The number of nitrogens with one attached hydrogen (secondary N) is 1. The van der Waals surface area contributed by atoms with Gasteiger partial charge in [-0.25, -0.2) is 4.39 Å². The van der Waals surface area contributed by atoms with Crippen LogP contribution in [0, 0.1) is 5.82 Å². The molecule has 0 aliphatic heterocycles. The number of benzene rings is 1. The highest BCUT2D eigenvalue weighted by atomic mass is 32.1. The van der Waals surface area contributed by atoms with E-state index in [4.69, 9.17) is 0 Å². The summed E-state index contributed by atoms with van der Waals surface area (Å²) in [5.41, 5.74) is -0.501. The van der Waals surface area contributed by atoms with Crippen molar-refractivity contribution in [2.45, 2.75) is 12.7 Å². The predicted molar refractivity (Wildman–Crippen MR) is 58.6 cm³/mol. The zero-order chi connectivity index (χ0) is 13.2. The second-order valence-electron chi connectivity index (χ2n) is 3.44. The number of halogens is 4. The van der Waals surface area contributed by atoms with Crippen LogP contribution in [0.5, 0.6) is 0 Å². The summed E-state index contributed by atoms with van der Waals surface area (Å²) in [4.78, 5) is 0. The third-order valence-corrected chi connectivity index (χ3v) is 2.70. The van der Waals surface area contributed by atoms with Gasteiger partial charge in [0.15, 0.2) is 0 Å². The normalized spacial score (nSPS) is 11.6. The van der Waals surface area contributed by atoms with Crippen LogP contribution in [0.15, 0.2) is 23.6 Å². The first kappa shape index (κ1) is 12.7. The third kappa shape index (κ3) is 2.95. The molecule has 3 nitrogen and oxygen atoms in total. The van der Waals surface area contributed by atoms with Crippen LogP contribution >= 0.6 is 11.5 Å². The molecule has 1 aromatic heterocycles. The second-order valence-corrected chi connectivity index (χ2v) is 4.05. The summed E-state index contributed by atoms with van der Waals surface area (Å²) in [6.45, 7) is 0.236. The van der Waals surface area contributed by atoms with Crippen molar-refractivity contribution in [2.75, 3.05) is 5.32 Å². The maximum absolute atomic E-state index is 13.0. The molecule has 96 valence electrons. The van der Waals surface area contributed by atoms with Gasteiger partial charge in [0.05, 0.1) is 17.8 Å². The number of alkyl halides is 3. The molecule has 1 heterocycles. The van der Waals surface area contributed by atoms with Crippen LogP contribution in [0.1, 0.15) is 11.3 Å². The van der Waals surface area contributed by atoms with E-state index in [1.165, 1.54) is 6.07 Å². The number of hydrogen-bond acceptors (Lipinski definition) is 4. The quantitative estimate of drug-likeness (QED) is 0.875. The maximum Gasteiger partial charge on any atom is 0.419 e. The van der Waals surface area contributed by atoms with E-state index in [1.807, 2.05) is 0 Å². The summed E-state index contributed by atoms with van der Waals surface area (Å²) in [7, 11) is 0. The van der Waals surface area contributed by atoms with Crippen LogP contribution < -0.4 is 5.32 Å². The first-order valence-corrected chi connectivity index (χ1v) is 5.67. The molecule has 8 heteroatoms. The van der Waals surface area contributed by atoms with Gasteiger partial charge in [-0.2, -0.15) is 13.2 Å². The van der Waals surface area contributed by atoms with E-state index in [1.54, 1.807) is 5.38 Å². The number of anilines is 1. The van der Waals surface area contributed by atoms with Gasteiger partial charge in [0.25, 0.3) is 0 Å². The Labute approximate surface area is 104 Å². The average molecular weight is 277 g/mol. The van der Waals surface area contributed by atoms with Crippen LogP contribution in [0.25, 0.3) is 0 Å². The summed E-state index contributed by atoms with van der Waals surface area (Å²) >= 11 is 1.14. The van der Waals surface area contributed by atoms with Gasteiger partial charge in [0.1, 0.15) is 5.82 Å². The van der Waals surface area contributed by atoms with Crippen molar-refractivity contribution in [2.24, 2.45) is 0 Å². The minimum atomic E-state index is -4.70. The lowest BCUT2D eigenvalue weighted by atomic mass is 10.2. The second kappa shape index (κ2) is 4.89.